The van der Waals surface area contributed by atoms with Gasteiger partial charge in [-0.2, -0.15) is 0 Å². The molecule has 1 atom stereocenters. The summed E-state index contributed by atoms with van der Waals surface area (Å²) < 4.78 is 6.21. The minimum atomic E-state index is 0.166. The van der Waals surface area contributed by atoms with Crippen LogP contribution < -0.4 is 0 Å². The van der Waals surface area contributed by atoms with Crippen LogP contribution in [-0.4, -0.2) is 12.2 Å². The Labute approximate surface area is 110 Å². The number of hydrogen-bond donors (Lipinski definition) is 0. The van der Waals surface area contributed by atoms with Gasteiger partial charge in [0.1, 0.15) is 0 Å². The van der Waals surface area contributed by atoms with E-state index in [1.807, 2.05) is 0 Å². The van der Waals surface area contributed by atoms with Crippen LogP contribution in [0.15, 0.2) is 35.9 Å². The van der Waals surface area contributed by atoms with Gasteiger partial charge < -0.3 is 4.74 Å². The maximum Gasteiger partial charge on any atom is 0.0750 e. The fourth-order valence-corrected chi connectivity index (χ4v) is 3.47. The van der Waals surface area contributed by atoms with Crippen molar-refractivity contribution >= 4 is 6.08 Å². The lowest BCUT2D eigenvalue weighted by atomic mass is 9.75. The monoisotopic (exact) mass is 242 g/mol. The van der Waals surface area contributed by atoms with Crippen molar-refractivity contribution in [3.05, 3.63) is 41.5 Å². The number of rotatable bonds is 1. The van der Waals surface area contributed by atoms with Crippen LogP contribution in [0.3, 0.4) is 0 Å². The molecule has 1 heteroatoms. The molecule has 96 valence electrons. The molecule has 1 aliphatic carbocycles. The summed E-state index contributed by atoms with van der Waals surface area (Å²) in [6.45, 7) is 3.18. The maximum absolute atomic E-state index is 6.21. The summed E-state index contributed by atoms with van der Waals surface area (Å²) in [5, 5.41) is 0. The van der Waals surface area contributed by atoms with Crippen molar-refractivity contribution in [1.29, 1.82) is 0 Å². The summed E-state index contributed by atoms with van der Waals surface area (Å²) in [6.07, 6.45) is 8.89. The topological polar surface area (TPSA) is 9.23 Å². The average Bonchev–Trinajstić information content (AvgIpc) is 2.71. The van der Waals surface area contributed by atoms with Crippen molar-refractivity contribution in [2.45, 2.75) is 44.6 Å². The van der Waals surface area contributed by atoms with Gasteiger partial charge >= 0.3 is 0 Å². The predicted octanol–water partition coefficient (Wildman–Crippen LogP) is 4.44. The van der Waals surface area contributed by atoms with Gasteiger partial charge in [-0.1, -0.05) is 62.6 Å². The molecule has 1 spiro atoms. The Morgan fingerprint density at radius 2 is 1.83 bits per heavy atom. The molecule has 0 radical (unpaired) electrons. The van der Waals surface area contributed by atoms with Gasteiger partial charge in [0, 0.05) is 5.92 Å². The molecule has 1 unspecified atom stereocenters. The molecule has 18 heavy (non-hydrogen) atoms. The lowest BCUT2D eigenvalue weighted by Gasteiger charge is -2.36. The van der Waals surface area contributed by atoms with E-state index in [0.29, 0.717) is 5.92 Å². The van der Waals surface area contributed by atoms with E-state index in [4.69, 9.17) is 4.74 Å². The smallest absolute Gasteiger partial charge is 0.0750 e. The van der Waals surface area contributed by atoms with E-state index in [1.165, 1.54) is 43.2 Å². The van der Waals surface area contributed by atoms with Gasteiger partial charge in [0.25, 0.3) is 0 Å². The molecule has 0 bridgehead atoms. The standard InChI is InChI=1S/C17H22O/c1-14-16(12-15-8-4-2-5-9-15)13-18-17(14)10-6-3-7-11-17/h2,4-5,8-9,12,14H,3,6-7,10-11,13H2,1H3/b16-12+. The van der Waals surface area contributed by atoms with E-state index in [-0.39, 0.29) is 5.60 Å². The highest BCUT2D eigenvalue weighted by Crippen LogP contribution is 2.46. The second kappa shape index (κ2) is 4.89. The molecular formula is C17H22O. The first kappa shape index (κ1) is 12.0. The minimum absolute atomic E-state index is 0.166. The minimum Gasteiger partial charge on any atom is -0.370 e. The van der Waals surface area contributed by atoms with Gasteiger partial charge in [-0.05, 0) is 24.0 Å². The molecule has 1 nitrogen and oxygen atoms in total. The molecular weight excluding hydrogens is 220 g/mol. The summed E-state index contributed by atoms with van der Waals surface area (Å²) in [6, 6.07) is 10.6. The van der Waals surface area contributed by atoms with Crippen molar-refractivity contribution in [1.82, 2.24) is 0 Å². The van der Waals surface area contributed by atoms with E-state index in [2.05, 4.69) is 43.3 Å². The first-order valence-electron chi connectivity index (χ1n) is 7.20. The predicted molar refractivity (Wildman–Crippen MR) is 75.4 cm³/mol. The molecule has 0 aromatic heterocycles. The third-order valence-corrected chi connectivity index (χ3v) is 4.72. The van der Waals surface area contributed by atoms with Gasteiger partial charge in [0.2, 0.25) is 0 Å². The Balaban J connectivity index is 1.82. The lowest BCUT2D eigenvalue weighted by Crippen LogP contribution is -2.36. The zero-order valence-electron chi connectivity index (χ0n) is 11.2. The molecule has 1 heterocycles. The second-order valence-corrected chi connectivity index (χ2v) is 5.77. The third kappa shape index (κ3) is 2.12. The SMILES string of the molecule is CC1/C(=C/c2ccccc2)COC12CCCCC2. The Hall–Kier alpha value is -1.08. The maximum atomic E-state index is 6.21. The largest absolute Gasteiger partial charge is 0.370 e. The van der Waals surface area contributed by atoms with Gasteiger partial charge in [-0.25, -0.2) is 0 Å². The normalized spacial score (nSPS) is 28.9. The van der Waals surface area contributed by atoms with Crippen LogP contribution in [0.5, 0.6) is 0 Å². The Kier molecular flexibility index (Phi) is 3.25. The summed E-state index contributed by atoms with van der Waals surface area (Å²) in [4.78, 5) is 0. The van der Waals surface area contributed by atoms with Crippen LogP contribution in [0.2, 0.25) is 0 Å². The molecule has 1 aliphatic heterocycles. The van der Waals surface area contributed by atoms with Crippen LogP contribution in [0.25, 0.3) is 6.08 Å². The average molecular weight is 242 g/mol. The van der Waals surface area contributed by atoms with E-state index in [9.17, 15) is 0 Å². The summed E-state index contributed by atoms with van der Waals surface area (Å²) in [5.74, 6) is 0.581. The van der Waals surface area contributed by atoms with E-state index < -0.39 is 0 Å². The van der Waals surface area contributed by atoms with E-state index in [0.717, 1.165) is 6.61 Å². The van der Waals surface area contributed by atoms with E-state index in [1.54, 1.807) is 0 Å². The zero-order chi connectivity index (χ0) is 12.4. The fourth-order valence-electron chi connectivity index (χ4n) is 3.47. The molecule has 2 fully saturated rings. The van der Waals surface area contributed by atoms with Gasteiger partial charge in [-0.15, -0.1) is 0 Å². The van der Waals surface area contributed by atoms with Crippen LogP contribution in [0, 0.1) is 5.92 Å². The Morgan fingerprint density at radius 1 is 1.11 bits per heavy atom. The van der Waals surface area contributed by atoms with Crippen molar-refractivity contribution < 1.29 is 4.74 Å². The van der Waals surface area contributed by atoms with Gasteiger partial charge in [0.05, 0.1) is 12.2 Å². The highest BCUT2D eigenvalue weighted by atomic mass is 16.5. The van der Waals surface area contributed by atoms with Crippen LogP contribution >= 0.6 is 0 Å². The van der Waals surface area contributed by atoms with Gasteiger partial charge in [0.15, 0.2) is 0 Å². The molecule has 1 aromatic carbocycles. The first-order chi connectivity index (χ1) is 8.80. The molecule has 1 saturated carbocycles. The van der Waals surface area contributed by atoms with E-state index >= 15 is 0 Å². The number of ether oxygens (including phenoxy) is 1. The lowest BCUT2D eigenvalue weighted by molar-refractivity contribution is -0.0458. The van der Waals surface area contributed by atoms with Crippen molar-refractivity contribution in [2.75, 3.05) is 6.61 Å². The van der Waals surface area contributed by atoms with Gasteiger partial charge in [-0.3, -0.25) is 0 Å². The molecule has 0 N–H and O–H groups in total. The Bertz CT molecular complexity index is 426. The second-order valence-electron chi connectivity index (χ2n) is 5.77. The molecule has 3 rings (SSSR count). The van der Waals surface area contributed by atoms with Crippen LogP contribution in [0.4, 0.5) is 0 Å². The van der Waals surface area contributed by atoms with Crippen LogP contribution in [0.1, 0.15) is 44.6 Å². The highest BCUT2D eigenvalue weighted by molar-refractivity contribution is 5.54. The van der Waals surface area contributed by atoms with Crippen molar-refractivity contribution in [2.24, 2.45) is 5.92 Å². The highest BCUT2D eigenvalue weighted by Gasteiger charge is 2.44. The summed E-state index contributed by atoms with van der Waals surface area (Å²) in [5.41, 5.74) is 2.94. The third-order valence-electron chi connectivity index (χ3n) is 4.72. The molecule has 1 aromatic rings. The fraction of sp³-hybridized carbons (Fsp3) is 0.529. The quantitative estimate of drug-likeness (QED) is 0.707. The van der Waals surface area contributed by atoms with Crippen molar-refractivity contribution in [3.8, 4) is 0 Å². The van der Waals surface area contributed by atoms with Crippen LogP contribution in [-0.2, 0) is 4.74 Å². The molecule has 1 saturated heterocycles. The van der Waals surface area contributed by atoms with Crippen molar-refractivity contribution in [3.63, 3.8) is 0 Å². The molecule has 0 amide bonds. The Morgan fingerprint density at radius 3 is 2.56 bits per heavy atom. The number of benzene rings is 1. The number of hydrogen-bond acceptors (Lipinski definition) is 1. The summed E-state index contributed by atoms with van der Waals surface area (Å²) >= 11 is 0. The summed E-state index contributed by atoms with van der Waals surface area (Å²) in [7, 11) is 0. The zero-order valence-corrected chi connectivity index (χ0v) is 11.2. The molecule has 2 aliphatic rings. The first-order valence-corrected chi connectivity index (χ1v) is 7.20.